The number of anilines is 1. The van der Waals surface area contributed by atoms with Gasteiger partial charge in [-0.25, -0.2) is 0 Å². The molecule has 4 aromatic carbocycles. The number of carbonyl (C=O) groups excluding carboxylic acids is 1. The molecule has 0 unspecified atom stereocenters. The van der Waals surface area contributed by atoms with E-state index in [9.17, 15) is 10.1 Å². The predicted molar refractivity (Wildman–Crippen MR) is 158 cm³/mol. The smallest absolute Gasteiger partial charge is 0.266 e. The zero-order chi connectivity index (χ0) is 28.3. The van der Waals surface area contributed by atoms with E-state index in [2.05, 4.69) is 5.32 Å². The van der Waals surface area contributed by atoms with Crippen LogP contribution in [0.15, 0.2) is 96.6 Å². The second-order valence-electron chi connectivity index (χ2n) is 8.60. The van der Waals surface area contributed by atoms with Crippen molar-refractivity contribution in [3.63, 3.8) is 0 Å². The molecule has 6 nitrogen and oxygen atoms in total. The SMILES string of the molecule is CCOc1cc(/C=C(\C#N)C(=O)Nc2ccc(OCc3ccccc3)cc2)cc(Cl)c1OCc1ccc(Cl)cc1. The summed E-state index contributed by atoms with van der Waals surface area (Å²) in [6, 6.07) is 29.3. The molecule has 1 amide bonds. The summed E-state index contributed by atoms with van der Waals surface area (Å²) in [6.07, 6.45) is 1.45. The van der Waals surface area contributed by atoms with Gasteiger partial charge in [0.15, 0.2) is 11.5 Å². The number of carbonyl (C=O) groups is 1. The van der Waals surface area contributed by atoms with Crippen LogP contribution in [0.4, 0.5) is 5.69 Å². The van der Waals surface area contributed by atoms with Crippen molar-refractivity contribution in [1.29, 1.82) is 5.26 Å². The number of halogens is 2. The summed E-state index contributed by atoms with van der Waals surface area (Å²) in [5.41, 5.74) is 2.90. The monoisotopic (exact) mass is 572 g/mol. The molecule has 0 saturated carbocycles. The molecule has 0 radical (unpaired) electrons. The van der Waals surface area contributed by atoms with E-state index in [1.807, 2.05) is 55.5 Å². The Labute approximate surface area is 243 Å². The summed E-state index contributed by atoms with van der Waals surface area (Å²) in [6.45, 7) is 2.90. The highest BCUT2D eigenvalue weighted by atomic mass is 35.5. The highest BCUT2D eigenvalue weighted by molar-refractivity contribution is 6.32. The third kappa shape index (κ3) is 8.03. The Kier molecular flexibility index (Phi) is 10.1. The zero-order valence-electron chi connectivity index (χ0n) is 21.7. The van der Waals surface area contributed by atoms with E-state index in [0.717, 1.165) is 11.1 Å². The maximum atomic E-state index is 12.9. The molecule has 0 heterocycles. The first kappa shape index (κ1) is 28.6. The van der Waals surface area contributed by atoms with Gasteiger partial charge in [0.1, 0.15) is 30.6 Å². The van der Waals surface area contributed by atoms with Crippen LogP contribution in [0.25, 0.3) is 6.08 Å². The molecule has 0 spiro atoms. The topological polar surface area (TPSA) is 80.6 Å². The van der Waals surface area contributed by atoms with Crippen molar-refractivity contribution in [3.05, 3.63) is 123 Å². The molecule has 0 aliphatic heterocycles. The van der Waals surface area contributed by atoms with Gasteiger partial charge in [-0.3, -0.25) is 4.79 Å². The number of nitriles is 1. The summed E-state index contributed by atoms with van der Waals surface area (Å²) in [4.78, 5) is 12.9. The average molecular weight is 573 g/mol. The van der Waals surface area contributed by atoms with Gasteiger partial charge in [0.05, 0.1) is 11.6 Å². The number of rotatable bonds is 11. The summed E-state index contributed by atoms with van der Waals surface area (Å²) >= 11 is 12.5. The minimum atomic E-state index is -0.558. The normalized spacial score (nSPS) is 10.9. The number of hydrogen-bond acceptors (Lipinski definition) is 5. The molecule has 0 fully saturated rings. The largest absolute Gasteiger partial charge is 0.490 e. The maximum absolute atomic E-state index is 12.9. The zero-order valence-corrected chi connectivity index (χ0v) is 23.2. The van der Waals surface area contributed by atoms with Crippen molar-refractivity contribution >= 4 is 40.9 Å². The molecule has 40 heavy (non-hydrogen) atoms. The second kappa shape index (κ2) is 14.1. The van der Waals surface area contributed by atoms with E-state index in [4.69, 9.17) is 37.4 Å². The van der Waals surface area contributed by atoms with Crippen molar-refractivity contribution in [3.8, 4) is 23.3 Å². The number of nitrogens with one attached hydrogen (secondary N) is 1. The molecule has 0 saturated heterocycles. The molecule has 1 N–H and O–H groups in total. The average Bonchev–Trinajstić information content (AvgIpc) is 2.96. The first-order valence-corrected chi connectivity index (χ1v) is 13.2. The van der Waals surface area contributed by atoms with Crippen LogP contribution in [0.1, 0.15) is 23.6 Å². The first-order chi connectivity index (χ1) is 19.4. The number of hydrogen-bond donors (Lipinski definition) is 1. The first-order valence-electron chi connectivity index (χ1n) is 12.5. The number of nitrogens with zero attached hydrogens (tertiary/aromatic N) is 1. The van der Waals surface area contributed by atoms with E-state index >= 15 is 0 Å². The third-order valence-electron chi connectivity index (χ3n) is 5.66. The van der Waals surface area contributed by atoms with Crippen LogP contribution in [-0.2, 0) is 18.0 Å². The summed E-state index contributed by atoms with van der Waals surface area (Å²) < 4.78 is 17.5. The molecule has 0 aliphatic carbocycles. The lowest BCUT2D eigenvalue weighted by atomic mass is 10.1. The van der Waals surface area contributed by atoms with E-state index in [1.165, 1.54) is 6.08 Å². The molecule has 8 heteroatoms. The van der Waals surface area contributed by atoms with Gasteiger partial charge in [0, 0.05) is 10.7 Å². The summed E-state index contributed by atoms with van der Waals surface area (Å²) in [5, 5.41) is 13.3. The summed E-state index contributed by atoms with van der Waals surface area (Å²) in [5.74, 6) is 0.874. The Morgan fingerprint density at radius 1 is 0.875 bits per heavy atom. The van der Waals surface area contributed by atoms with Crippen LogP contribution >= 0.6 is 23.2 Å². The van der Waals surface area contributed by atoms with Crippen LogP contribution in [0.5, 0.6) is 17.2 Å². The van der Waals surface area contributed by atoms with E-state index < -0.39 is 5.91 Å². The van der Waals surface area contributed by atoms with Crippen molar-refractivity contribution in [2.45, 2.75) is 20.1 Å². The minimum absolute atomic E-state index is 0.0993. The van der Waals surface area contributed by atoms with Crippen molar-refractivity contribution in [2.75, 3.05) is 11.9 Å². The van der Waals surface area contributed by atoms with Gasteiger partial charge in [-0.05, 0) is 78.2 Å². The maximum Gasteiger partial charge on any atom is 0.266 e. The Morgan fingerprint density at radius 2 is 1.55 bits per heavy atom. The molecule has 4 aromatic rings. The van der Waals surface area contributed by atoms with Crippen LogP contribution < -0.4 is 19.5 Å². The van der Waals surface area contributed by atoms with Crippen LogP contribution in [0, 0.1) is 11.3 Å². The highest BCUT2D eigenvalue weighted by Crippen LogP contribution is 2.38. The van der Waals surface area contributed by atoms with Gasteiger partial charge in [-0.2, -0.15) is 5.26 Å². The quantitative estimate of drug-likeness (QED) is 0.145. The fourth-order valence-corrected chi connectivity index (χ4v) is 4.10. The highest BCUT2D eigenvalue weighted by Gasteiger charge is 2.15. The molecular formula is C32H26Cl2N2O4. The van der Waals surface area contributed by atoms with Crippen LogP contribution in [-0.4, -0.2) is 12.5 Å². The van der Waals surface area contributed by atoms with Gasteiger partial charge in [-0.15, -0.1) is 0 Å². The fraction of sp³-hybridized carbons (Fsp3) is 0.125. The standard InChI is InChI=1S/C32H26Cl2N2O4/c1-2-38-30-18-24(17-29(34)31(30)40-21-23-8-10-26(33)11-9-23)16-25(19-35)32(37)36-27-12-14-28(15-13-27)39-20-22-6-4-3-5-7-22/h3-18H,2,20-21H2,1H3,(H,36,37)/b25-16+. The van der Waals surface area contributed by atoms with Crippen LogP contribution in [0.3, 0.4) is 0 Å². The molecule has 202 valence electrons. The van der Waals surface area contributed by atoms with Crippen molar-refractivity contribution in [1.82, 2.24) is 0 Å². The second-order valence-corrected chi connectivity index (χ2v) is 9.44. The lowest BCUT2D eigenvalue weighted by Crippen LogP contribution is -2.13. The summed E-state index contributed by atoms with van der Waals surface area (Å²) in [7, 11) is 0. The molecule has 4 rings (SSSR count). The van der Waals surface area contributed by atoms with Crippen molar-refractivity contribution < 1.29 is 19.0 Å². The minimum Gasteiger partial charge on any atom is -0.490 e. The molecule has 0 atom stereocenters. The number of ether oxygens (including phenoxy) is 3. The van der Waals surface area contributed by atoms with Gasteiger partial charge in [0.25, 0.3) is 5.91 Å². The lowest BCUT2D eigenvalue weighted by molar-refractivity contribution is -0.112. The van der Waals surface area contributed by atoms with E-state index in [-0.39, 0.29) is 17.2 Å². The molecule has 0 aliphatic rings. The molecule has 0 bridgehead atoms. The Hall–Kier alpha value is -4.44. The Morgan fingerprint density at radius 3 is 2.23 bits per heavy atom. The van der Waals surface area contributed by atoms with Gasteiger partial charge in [-0.1, -0.05) is 65.7 Å². The van der Waals surface area contributed by atoms with Crippen LogP contribution in [0.2, 0.25) is 10.0 Å². The Balaban J connectivity index is 1.44. The molecular weight excluding hydrogens is 547 g/mol. The number of benzene rings is 4. The third-order valence-corrected chi connectivity index (χ3v) is 6.20. The van der Waals surface area contributed by atoms with Gasteiger partial charge >= 0.3 is 0 Å². The van der Waals surface area contributed by atoms with E-state index in [0.29, 0.717) is 46.7 Å². The van der Waals surface area contributed by atoms with Crippen molar-refractivity contribution in [2.24, 2.45) is 0 Å². The Bertz CT molecular complexity index is 1510. The molecule has 0 aromatic heterocycles. The predicted octanol–water partition coefficient (Wildman–Crippen LogP) is 8.10. The van der Waals surface area contributed by atoms with E-state index in [1.54, 1.807) is 48.5 Å². The van der Waals surface area contributed by atoms with Gasteiger partial charge in [0.2, 0.25) is 0 Å². The number of amides is 1. The van der Waals surface area contributed by atoms with Gasteiger partial charge < -0.3 is 19.5 Å². The lowest BCUT2D eigenvalue weighted by Gasteiger charge is -2.15. The fourth-order valence-electron chi connectivity index (χ4n) is 3.70.